The molecule has 1 N–H and O–H groups in total. The molecule has 4 nitrogen and oxygen atoms in total. The van der Waals surface area contributed by atoms with Crippen molar-refractivity contribution in [3.05, 3.63) is 28.1 Å². The first-order chi connectivity index (χ1) is 9.58. The second-order valence-electron chi connectivity index (χ2n) is 4.83. The topological polar surface area (TPSA) is 51.2 Å². The molecule has 5 heteroatoms. The summed E-state index contributed by atoms with van der Waals surface area (Å²) in [7, 11) is 0. The maximum atomic E-state index is 11.7. The number of aromatic nitrogens is 1. The average molecular weight is 288 g/mol. The molecule has 1 unspecified atom stereocenters. The number of ether oxygens (including phenoxy) is 1. The Morgan fingerprint density at radius 2 is 2.25 bits per heavy atom. The van der Waals surface area contributed by atoms with Crippen LogP contribution in [0.15, 0.2) is 18.2 Å². The molecular formula is C15H16N2O2S. The summed E-state index contributed by atoms with van der Waals surface area (Å²) < 4.78 is 5.56. The highest BCUT2D eigenvalue weighted by Gasteiger charge is 2.24. The van der Waals surface area contributed by atoms with Gasteiger partial charge < -0.3 is 10.1 Å². The Hall–Kier alpha value is -1.88. The van der Waals surface area contributed by atoms with Crippen molar-refractivity contribution < 1.29 is 9.53 Å². The molecular weight excluding hydrogens is 272 g/mol. The van der Waals surface area contributed by atoms with Gasteiger partial charge in [-0.2, -0.15) is 0 Å². The van der Waals surface area contributed by atoms with E-state index < -0.39 is 6.10 Å². The molecule has 20 heavy (non-hydrogen) atoms. The first kappa shape index (κ1) is 13.1. The van der Waals surface area contributed by atoms with Crippen LogP contribution >= 0.6 is 11.3 Å². The largest absolute Gasteiger partial charge is 0.479 e. The van der Waals surface area contributed by atoms with Gasteiger partial charge in [0.1, 0.15) is 5.75 Å². The van der Waals surface area contributed by atoms with Crippen LogP contribution in [0.4, 0.5) is 5.69 Å². The summed E-state index contributed by atoms with van der Waals surface area (Å²) in [5.74, 6) is 0.600. The molecule has 0 spiro atoms. The highest BCUT2D eigenvalue weighted by Crippen LogP contribution is 2.35. The zero-order chi connectivity index (χ0) is 14.3. The molecule has 0 aliphatic carbocycles. The van der Waals surface area contributed by atoms with Crippen molar-refractivity contribution in [1.82, 2.24) is 4.98 Å². The number of nitrogens with one attached hydrogen (secondary N) is 1. The second-order valence-corrected chi connectivity index (χ2v) is 6.11. The number of carbonyl (C=O) groups excluding carboxylic acids is 1. The van der Waals surface area contributed by atoms with Crippen molar-refractivity contribution in [2.45, 2.75) is 33.3 Å². The van der Waals surface area contributed by atoms with E-state index in [4.69, 9.17) is 4.74 Å². The lowest BCUT2D eigenvalue weighted by Crippen LogP contribution is -2.34. The summed E-state index contributed by atoms with van der Waals surface area (Å²) in [6.07, 6.45) is 0.495. The lowest BCUT2D eigenvalue weighted by molar-refractivity contribution is -0.122. The van der Waals surface area contributed by atoms with Crippen LogP contribution in [0.5, 0.6) is 5.75 Å². The molecule has 1 atom stereocenters. The lowest BCUT2D eigenvalue weighted by atomic mass is 10.1. The van der Waals surface area contributed by atoms with Gasteiger partial charge in [0.2, 0.25) is 0 Å². The Balaban J connectivity index is 2.02. The van der Waals surface area contributed by atoms with E-state index in [1.807, 2.05) is 18.2 Å². The minimum absolute atomic E-state index is 0.112. The van der Waals surface area contributed by atoms with Crippen LogP contribution in [0, 0.1) is 6.92 Å². The quantitative estimate of drug-likeness (QED) is 0.921. The van der Waals surface area contributed by atoms with Crippen molar-refractivity contribution in [2.75, 3.05) is 5.32 Å². The lowest BCUT2D eigenvalue weighted by Gasteiger charge is -2.23. The smallest absolute Gasteiger partial charge is 0.265 e. The van der Waals surface area contributed by atoms with Gasteiger partial charge in [-0.1, -0.05) is 6.92 Å². The predicted octanol–water partition coefficient (Wildman–Crippen LogP) is 3.40. The number of rotatable bonds is 2. The number of amides is 1. The summed E-state index contributed by atoms with van der Waals surface area (Å²) in [6, 6.07) is 5.82. The van der Waals surface area contributed by atoms with Gasteiger partial charge in [0.15, 0.2) is 6.10 Å². The fraction of sp³-hybridized carbons (Fsp3) is 0.333. The monoisotopic (exact) mass is 288 g/mol. The van der Waals surface area contributed by atoms with E-state index in [1.54, 1.807) is 18.3 Å². The Morgan fingerprint density at radius 3 is 2.95 bits per heavy atom. The maximum Gasteiger partial charge on any atom is 0.265 e. The summed E-state index contributed by atoms with van der Waals surface area (Å²) in [5.41, 5.74) is 2.72. The maximum absolute atomic E-state index is 11.7. The summed E-state index contributed by atoms with van der Waals surface area (Å²) in [4.78, 5) is 17.5. The molecule has 1 aliphatic rings. The number of anilines is 1. The van der Waals surface area contributed by atoms with Crippen LogP contribution in [-0.2, 0) is 11.2 Å². The molecule has 0 fully saturated rings. The third-order valence-corrected chi connectivity index (χ3v) is 4.44. The SMILES string of the molecule is CCc1nc(-c2ccc3c(c2)NC(=O)C(C)O3)c(C)s1. The van der Waals surface area contributed by atoms with Gasteiger partial charge in [0.05, 0.1) is 16.4 Å². The minimum atomic E-state index is -0.443. The zero-order valence-corrected chi connectivity index (χ0v) is 12.5. The van der Waals surface area contributed by atoms with Crippen LogP contribution in [0.2, 0.25) is 0 Å². The highest BCUT2D eigenvalue weighted by atomic mass is 32.1. The number of hydrogen-bond donors (Lipinski definition) is 1. The number of hydrogen-bond acceptors (Lipinski definition) is 4. The Kier molecular flexibility index (Phi) is 3.22. The van der Waals surface area contributed by atoms with Gasteiger partial charge in [-0.15, -0.1) is 11.3 Å². The summed E-state index contributed by atoms with van der Waals surface area (Å²) in [5, 5.41) is 4.00. The molecule has 3 rings (SSSR count). The van der Waals surface area contributed by atoms with E-state index >= 15 is 0 Å². The van der Waals surface area contributed by atoms with E-state index in [0.717, 1.165) is 28.4 Å². The molecule has 1 amide bonds. The second kappa shape index (κ2) is 4.90. The Morgan fingerprint density at radius 1 is 1.45 bits per heavy atom. The van der Waals surface area contributed by atoms with Crippen LogP contribution in [0.1, 0.15) is 23.7 Å². The Labute approximate surface area is 121 Å². The number of fused-ring (bicyclic) bond motifs is 1. The third-order valence-electron chi connectivity index (χ3n) is 3.33. The van der Waals surface area contributed by atoms with E-state index in [0.29, 0.717) is 5.75 Å². The molecule has 1 aliphatic heterocycles. The van der Waals surface area contributed by atoms with E-state index in [2.05, 4.69) is 24.1 Å². The molecule has 0 radical (unpaired) electrons. The van der Waals surface area contributed by atoms with Crippen molar-refractivity contribution in [1.29, 1.82) is 0 Å². The summed E-state index contributed by atoms with van der Waals surface area (Å²) >= 11 is 1.72. The minimum Gasteiger partial charge on any atom is -0.479 e. The van der Waals surface area contributed by atoms with Gasteiger partial charge in [-0.25, -0.2) is 4.98 Å². The number of aryl methyl sites for hydroxylation is 2. The number of carbonyl (C=O) groups is 1. The number of nitrogens with zero attached hydrogens (tertiary/aromatic N) is 1. The van der Waals surface area contributed by atoms with Crippen molar-refractivity contribution >= 4 is 22.9 Å². The average Bonchev–Trinajstić information content (AvgIpc) is 2.81. The van der Waals surface area contributed by atoms with E-state index in [9.17, 15) is 4.79 Å². The van der Waals surface area contributed by atoms with E-state index in [-0.39, 0.29) is 5.91 Å². The predicted molar refractivity (Wildman–Crippen MR) is 80.4 cm³/mol. The zero-order valence-electron chi connectivity index (χ0n) is 11.7. The van der Waals surface area contributed by atoms with Crippen LogP contribution in [0.3, 0.4) is 0 Å². The van der Waals surface area contributed by atoms with Gasteiger partial charge in [-0.3, -0.25) is 4.79 Å². The summed E-state index contributed by atoms with van der Waals surface area (Å²) in [6.45, 7) is 5.91. The molecule has 1 aromatic heterocycles. The van der Waals surface area contributed by atoms with Gasteiger partial charge in [0.25, 0.3) is 5.91 Å². The van der Waals surface area contributed by atoms with Gasteiger partial charge >= 0.3 is 0 Å². The van der Waals surface area contributed by atoms with Crippen molar-refractivity contribution in [3.8, 4) is 17.0 Å². The van der Waals surface area contributed by atoms with Crippen LogP contribution in [-0.4, -0.2) is 17.0 Å². The molecule has 1 aromatic carbocycles. The molecule has 2 heterocycles. The fourth-order valence-electron chi connectivity index (χ4n) is 2.23. The highest BCUT2D eigenvalue weighted by molar-refractivity contribution is 7.12. The number of thiazole rings is 1. The molecule has 0 saturated heterocycles. The van der Waals surface area contributed by atoms with Crippen LogP contribution < -0.4 is 10.1 Å². The van der Waals surface area contributed by atoms with Crippen molar-refractivity contribution in [3.63, 3.8) is 0 Å². The first-order valence-electron chi connectivity index (χ1n) is 6.66. The molecule has 0 bridgehead atoms. The standard InChI is InChI=1S/C15H16N2O2S/c1-4-13-17-14(9(3)20-13)10-5-6-12-11(7-10)16-15(18)8(2)19-12/h5-8H,4H2,1-3H3,(H,16,18). The number of benzene rings is 1. The van der Waals surface area contributed by atoms with Crippen molar-refractivity contribution in [2.24, 2.45) is 0 Å². The van der Waals surface area contributed by atoms with Crippen LogP contribution in [0.25, 0.3) is 11.3 Å². The van der Waals surface area contributed by atoms with Gasteiger partial charge in [0, 0.05) is 10.4 Å². The fourth-order valence-corrected chi connectivity index (χ4v) is 3.12. The normalized spacial score (nSPS) is 17.4. The van der Waals surface area contributed by atoms with Gasteiger partial charge in [-0.05, 0) is 38.5 Å². The molecule has 2 aromatic rings. The first-order valence-corrected chi connectivity index (χ1v) is 7.48. The Bertz CT molecular complexity index is 679. The molecule has 0 saturated carbocycles. The molecule has 104 valence electrons. The van der Waals surface area contributed by atoms with E-state index in [1.165, 1.54) is 4.88 Å². The third kappa shape index (κ3) is 2.18.